The average molecular weight is 772 g/mol. The number of piperidine rings is 1. The fraction of sp³-hybridized carbons (Fsp3) is 0.400. The van der Waals surface area contributed by atoms with Crippen molar-refractivity contribution in [2.24, 2.45) is 5.92 Å². The fourth-order valence-corrected chi connectivity index (χ4v) is 6.74. The largest absolute Gasteiger partial charge is 0.504 e. The number of aromatic hydroxyl groups is 1. The number of para-hydroxylation sites is 1. The van der Waals surface area contributed by atoms with Gasteiger partial charge < -0.3 is 20.5 Å². The van der Waals surface area contributed by atoms with E-state index >= 15 is 0 Å². The van der Waals surface area contributed by atoms with Gasteiger partial charge in [0.05, 0.1) is 16.4 Å². The maximum Gasteiger partial charge on any atom is 0.410 e. The van der Waals surface area contributed by atoms with Crippen LogP contribution in [0.3, 0.4) is 0 Å². The Balaban J connectivity index is 1.70. The van der Waals surface area contributed by atoms with Crippen LogP contribution in [0.15, 0.2) is 45.8 Å². The molecular formula is C25H29BrClIN4O7S. The molecule has 218 valence electrons. The van der Waals surface area contributed by atoms with E-state index in [2.05, 4.69) is 31.3 Å². The summed E-state index contributed by atoms with van der Waals surface area (Å²) in [7, 11) is -4.34. The molecule has 1 saturated heterocycles. The quantitative estimate of drug-likeness (QED) is 0.160. The van der Waals surface area contributed by atoms with E-state index in [4.69, 9.17) is 16.3 Å². The van der Waals surface area contributed by atoms with E-state index in [0.717, 1.165) is 0 Å². The van der Waals surface area contributed by atoms with Gasteiger partial charge in [0.2, 0.25) is 13.8 Å². The van der Waals surface area contributed by atoms with E-state index in [9.17, 15) is 27.9 Å². The number of ether oxygens (including phenoxy) is 1. The minimum atomic E-state index is -4.34. The molecule has 1 aliphatic rings. The second-order valence-electron chi connectivity index (χ2n) is 10.1. The van der Waals surface area contributed by atoms with Crippen molar-refractivity contribution in [1.82, 2.24) is 9.62 Å². The lowest BCUT2D eigenvalue weighted by Crippen LogP contribution is -2.51. The number of nitrogens with one attached hydrogen (secondary N) is 3. The van der Waals surface area contributed by atoms with Gasteiger partial charge in [-0.1, -0.05) is 23.7 Å². The van der Waals surface area contributed by atoms with Gasteiger partial charge in [-0.2, -0.15) is 0 Å². The fourth-order valence-electron chi connectivity index (χ4n) is 4.02. The normalized spacial score (nSPS) is 17.7. The summed E-state index contributed by atoms with van der Waals surface area (Å²) >= 11 is 11.1. The molecule has 1 aliphatic heterocycles. The minimum absolute atomic E-state index is 0.0686. The van der Waals surface area contributed by atoms with Crippen LogP contribution in [0.25, 0.3) is 0 Å². The van der Waals surface area contributed by atoms with Gasteiger partial charge in [0.25, 0.3) is 0 Å². The highest BCUT2D eigenvalue weighted by Crippen LogP contribution is 2.37. The lowest BCUT2D eigenvalue weighted by Gasteiger charge is -2.38. The van der Waals surface area contributed by atoms with Crippen LogP contribution in [0.5, 0.6) is 5.75 Å². The first-order valence-corrected chi connectivity index (χ1v) is 15.8. The molecule has 2 atom stereocenters. The zero-order valence-corrected chi connectivity index (χ0v) is 27.1. The molecule has 15 heteroatoms. The topological polar surface area (TPSA) is 154 Å². The van der Waals surface area contributed by atoms with Crippen LogP contribution in [0, 0.1) is 5.92 Å². The van der Waals surface area contributed by atoms with Crippen molar-refractivity contribution in [2.75, 3.05) is 23.7 Å². The van der Waals surface area contributed by atoms with Gasteiger partial charge in [-0.05, 0) is 79.7 Å². The highest BCUT2D eigenvalue weighted by molar-refractivity contribution is 14.1. The molecule has 0 aliphatic carbocycles. The molecular weight excluding hydrogens is 743 g/mol. The molecule has 0 bridgehead atoms. The number of nitrogens with zero attached hydrogens (tertiary/aromatic N) is 1. The lowest BCUT2D eigenvalue weighted by molar-refractivity contribution is -0.115. The van der Waals surface area contributed by atoms with Crippen LogP contribution in [0.2, 0.25) is 5.02 Å². The van der Waals surface area contributed by atoms with Gasteiger partial charge in [-0.3, -0.25) is 9.69 Å². The summed E-state index contributed by atoms with van der Waals surface area (Å²) in [6, 6.07) is 7.90. The Morgan fingerprint density at radius 2 is 1.80 bits per heavy atom. The number of anilines is 2. The SMILES string of the molecule is CC(C)(C)OC(=O)N1CCC(CNS(=O)(=O)c2c(Cl)ccc(NC(=O)Nc3ccccc3Br)c2O)CC1C(=O)I. The van der Waals surface area contributed by atoms with E-state index in [1.165, 1.54) is 17.0 Å². The molecule has 0 aromatic heterocycles. The van der Waals surface area contributed by atoms with E-state index in [-0.39, 0.29) is 39.9 Å². The lowest BCUT2D eigenvalue weighted by atomic mass is 9.92. The van der Waals surface area contributed by atoms with Gasteiger partial charge in [0, 0.05) is 40.2 Å². The number of sulfonamides is 1. The van der Waals surface area contributed by atoms with Crippen molar-refractivity contribution < 1.29 is 32.6 Å². The summed E-state index contributed by atoms with van der Waals surface area (Å²) in [6.07, 6.45) is 0.0323. The summed E-state index contributed by atoms with van der Waals surface area (Å²) in [4.78, 5) is 38.1. The third-order valence-corrected chi connectivity index (χ3v) is 9.22. The summed E-state index contributed by atoms with van der Waals surface area (Å²) in [5.74, 6) is -1.02. The van der Waals surface area contributed by atoms with Crippen molar-refractivity contribution in [3.8, 4) is 5.75 Å². The Labute approximate surface area is 259 Å². The first-order valence-electron chi connectivity index (χ1n) is 12.1. The number of rotatable bonds is 7. The molecule has 0 saturated carbocycles. The third kappa shape index (κ3) is 8.44. The average Bonchev–Trinajstić information content (AvgIpc) is 2.84. The predicted octanol–water partition coefficient (Wildman–Crippen LogP) is 5.71. The molecule has 0 radical (unpaired) electrons. The van der Waals surface area contributed by atoms with Crippen LogP contribution in [0.1, 0.15) is 33.6 Å². The molecule has 0 spiro atoms. The Hall–Kier alpha value is -2.14. The first-order chi connectivity index (χ1) is 18.6. The van der Waals surface area contributed by atoms with Crippen molar-refractivity contribution in [1.29, 1.82) is 0 Å². The monoisotopic (exact) mass is 770 g/mol. The van der Waals surface area contributed by atoms with Crippen LogP contribution < -0.4 is 15.4 Å². The van der Waals surface area contributed by atoms with Crippen LogP contribution in [-0.2, 0) is 19.6 Å². The molecule has 3 amide bonds. The number of likely N-dealkylation sites (tertiary alicyclic amines) is 1. The molecule has 2 unspecified atom stereocenters. The number of carbonyl (C=O) groups is 3. The van der Waals surface area contributed by atoms with Gasteiger partial charge in [-0.15, -0.1) is 0 Å². The number of hydrogen-bond acceptors (Lipinski definition) is 7. The number of carbonyl (C=O) groups excluding carboxylic acids is 3. The molecule has 11 nitrogen and oxygen atoms in total. The Morgan fingerprint density at radius 1 is 1.15 bits per heavy atom. The molecule has 2 aromatic carbocycles. The summed E-state index contributed by atoms with van der Waals surface area (Å²) in [5.41, 5.74) is -0.439. The van der Waals surface area contributed by atoms with Gasteiger partial charge in [-0.25, -0.2) is 22.7 Å². The van der Waals surface area contributed by atoms with Crippen molar-refractivity contribution in [3.63, 3.8) is 0 Å². The smallest absolute Gasteiger partial charge is 0.410 e. The zero-order chi connectivity index (χ0) is 29.8. The van der Waals surface area contributed by atoms with Crippen LogP contribution in [0.4, 0.5) is 21.0 Å². The highest BCUT2D eigenvalue weighted by atomic mass is 127. The van der Waals surface area contributed by atoms with Gasteiger partial charge in [0.1, 0.15) is 16.5 Å². The number of urea groups is 1. The van der Waals surface area contributed by atoms with Crippen molar-refractivity contribution >= 4 is 87.4 Å². The molecule has 1 heterocycles. The number of hydrogen-bond donors (Lipinski definition) is 4. The van der Waals surface area contributed by atoms with Crippen molar-refractivity contribution in [2.45, 2.75) is 50.2 Å². The molecule has 4 N–H and O–H groups in total. The highest BCUT2D eigenvalue weighted by Gasteiger charge is 2.38. The second-order valence-corrected chi connectivity index (χ2v) is 14.1. The number of phenolic OH excluding ortho intramolecular Hbond substituents is 1. The summed E-state index contributed by atoms with van der Waals surface area (Å²) in [6.45, 7) is 5.33. The molecule has 3 rings (SSSR count). The van der Waals surface area contributed by atoms with Crippen LogP contribution >= 0.6 is 50.1 Å². The van der Waals surface area contributed by atoms with E-state index < -0.39 is 44.4 Å². The Kier molecular flexibility index (Phi) is 10.7. The number of phenols is 1. The number of halogens is 3. The minimum Gasteiger partial charge on any atom is -0.504 e. The van der Waals surface area contributed by atoms with E-state index in [0.29, 0.717) is 16.6 Å². The Bertz CT molecular complexity index is 1400. The molecule has 40 heavy (non-hydrogen) atoms. The summed E-state index contributed by atoms with van der Waals surface area (Å²) in [5, 5.41) is 15.5. The number of benzene rings is 2. The maximum absolute atomic E-state index is 13.2. The van der Waals surface area contributed by atoms with E-state index in [1.807, 2.05) is 0 Å². The zero-order valence-electron chi connectivity index (χ0n) is 21.8. The first kappa shape index (κ1) is 32.4. The number of amides is 3. The Morgan fingerprint density at radius 3 is 2.42 bits per heavy atom. The predicted molar refractivity (Wildman–Crippen MR) is 164 cm³/mol. The van der Waals surface area contributed by atoms with Gasteiger partial charge >= 0.3 is 12.1 Å². The van der Waals surface area contributed by atoms with Crippen molar-refractivity contribution in [3.05, 3.63) is 45.9 Å². The third-order valence-electron chi connectivity index (χ3n) is 5.89. The molecule has 1 fully saturated rings. The van der Waals surface area contributed by atoms with Gasteiger partial charge in [0.15, 0.2) is 5.75 Å². The second kappa shape index (κ2) is 13.2. The van der Waals surface area contributed by atoms with Crippen LogP contribution in [-0.4, -0.2) is 59.1 Å². The molecule has 2 aromatic rings. The van der Waals surface area contributed by atoms with E-state index in [1.54, 1.807) is 67.6 Å². The maximum atomic E-state index is 13.2. The summed E-state index contributed by atoms with van der Waals surface area (Å²) < 4.78 is 34.6. The standard InChI is InChI=1S/C25H29BrClIN4O7S/c1-25(2,3)39-24(36)32-11-10-14(12-19(32)22(28)34)13-29-40(37,38)21-16(27)8-9-18(20(21)33)31-23(35)30-17-7-5-4-6-15(17)26/h4-9,14,19,29,33H,10-13H2,1-3H3,(H2,30,31,35).